The zero-order valence-corrected chi connectivity index (χ0v) is 11.5. The molecule has 0 amide bonds. The molecule has 0 saturated carbocycles. The van der Waals surface area contributed by atoms with E-state index in [2.05, 4.69) is 11.8 Å². The number of nitrogens with two attached hydrogens (primary N) is 1. The van der Waals surface area contributed by atoms with Crippen molar-refractivity contribution >= 4 is 9.84 Å². The number of sulfone groups is 1. The molecule has 0 spiro atoms. The summed E-state index contributed by atoms with van der Waals surface area (Å²) in [6.07, 6.45) is 4.36. The van der Waals surface area contributed by atoms with Crippen molar-refractivity contribution in [3.05, 3.63) is 0 Å². The first-order valence-electron chi connectivity index (χ1n) is 6.72. The maximum atomic E-state index is 11.5. The Morgan fingerprint density at radius 3 is 2.65 bits per heavy atom. The molecule has 0 aromatic rings. The number of nitrogens with zero attached hydrogens (tertiary/aromatic N) is 1. The molecular formula is C12H24N2O2S. The van der Waals surface area contributed by atoms with Crippen LogP contribution in [0.15, 0.2) is 0 Å². The first-order valence-corrected chi connectivity index (χ1v) is 8.54. The Bertz CT molecular complexity index is 356. The van der Waals surface area contributed by atoms with Gasteiger partial charge in [-0.05, 0) is 31.7 Å². The molecule has 17 heavy (non-hydrogen) atoms. The third-order valence-electron chi connectivity index (χ3n) is 4.40. The van der Waals surface area contributed by atoms with Gasteiger partial charge >= 0.3 is 0 Å². The van der Waals surface area contributed by atoms with Gasteiger partial charge in [-0.25, -0.2) is 8.42 Å². The Morgan fingerprint density at radius 2 is 2.12 bits per heavy atom. The average molecular weight is 260 g/mol. The van der Waals surface area contributed by atoms with Gasteiger partial charge in [-0.1, -0.05) is 13.3 Å². The zero-order valence-electron chi connectivity index (χ0n) is 10.6. The summed E-state index contributed by atoms with van der Waals surface area (Å²) >= 11 is 0. The molecule has 2 aliphatic heterocycles. The van der Waals surface area contributed by atoms with Gasteiger partial charge < -0.3 is 5.73 Å². The van der Waals surface area contributed by atoms with Crippen molar-refractivity contribution in [2.45, 2.75) is 44.7 Å². The molecule has 0 aliphatic carbocycles. The summed E-state index contributed by atoms with van der Waals surface area (Å²) in [6, 6.07) is 0.623. The summed E-state index contributed by atoms with van der Waals surface area (Å²) < 4.78 is 23.1. The predicted molar refractivity (Wildman–Crippen MR) is 69.6 cm³/mol. The maximum absolute atomic E-state index is 11.5. The van der Waals surface area contributed by atoms with E-state index in [1.165, 1.54) is 12.8 Å². The SMILES string of the molecule is CCC1CCN(C2CCS(=O)(=O)C2)C(CN)C1. The monoisotopic (exact) mass is 260 g/mol. The van der Waals surface area contributed by atoms with Crippen LogP contribution in [0.5, 0.6) is 0 Å². The van der Waals surface area contributed by atoms with E-state index < -0.39 is 9.84 Å². The lowest BCUT2D eigenvalue weighted by molar-refractivity contribution is 0.0802. The van der Waals surface area contributed by atoms with Crippen LogP contribution in [0.2, 0.25) is 0 Å². The average Bonchev–Trinajstić information content (AvgIpc) is 2.68. The molecule has 0 aromatic carbocycles. The van der Waals surface area contributed by atoms with E-state index in [0.717, 1.165) is 25.3 Å². The van der Waals surface area contributed by atoms with Gasteiger partial charge in [0.2, 0.25) is 0 Å². The summed E-state index contributed by atoms with van der Waals surface area (Å²) in [5.74, 6) is 1.49. The maximum Gasteiger partial charge on any atom is 0.151 e. The highest BCUT2D eigenvalue weighted by molar-refractivity contribution is 7.91. The van der Waals surface area contributed by atoms with Crippen molar-refractivity contribution in [1.29, 1.82) is 0 Å². The molecule has 100 valence electrons. The third kappa shape index (κ3) is 3.01. The number of rotatable bonds is 3. The van der Waals surface area contributed by atoms with Crippen LogP contribution in [0.1, 0.15) is 32.6 Å². The highest BCUT2D eigenvalue weighted by atomic mass is 32.2. The predicted octanol–water partition coefficient (Wildman–Crippen LogP) is 0.623. The van der Waals surface area contributed by atoms with Gasteiger partial charge in [0.15, 0.2) is 9.84 Å². The van der Waals surface area contributed by atoms with E-state index in [-0.39, 0.29) is 6.04 Å². The van der Waals surface area contributed by atoms with Gasteiger partial charge in [0.25, 0.3) is 0 Å². The second-order valence-corrected chi connectivity index (χ2v) is 7.71. The molecule has 2 aliphatic rings. The normalized spacial score (nSPS) is 38.4. The van der Waals surface area contributed by atoms with Gasteiger partial charge in [-0.2, -0.15) is 0 Å². The fourth-order valence-electron chi connectivity index (χ4n) is 3.27. The molecule has 2 saturated heterocycles. The lowest BCUT2D eigenvalue weighted by atomic mass is 9.88. The van der Waals surface area contributed by atoms with E-state index in [1.54, 1.807) is 0 Å². The molecular weight excluding hydrogens is 236 g/mol. The third-order valence-corrected chi connectivity index (χ3v) is 6.15. The standard InChI is InChI=1S/C12H24N2O2S/c1-2-10-3-5-14(12(7-10)8-13)11-4-6-17(15,16)9-11/h10-12H,2-9,13H2,1H3. The van der Waals surface area contributed by atoms with Gasteiger partial charge in [-0.3, -0.25) is 4.90 Å². The van der Waals surface area contributed by atoms with Crippen LogP contribution >= 0.6 is 0 Å². The number of hydrogen-bond acceptors (Lipinski definition) is 4. The lowest BCUT2D eigenvalue weighted by Crippen LogP contribution is -2.51. The van der Waals surface area contributed by atoms with Crippen LogP contribution in [0.4, 0.5) is 0 Å². The van der Waals surface area contributed by atoms with Crippen molar-refractivity contribution in [2.75, 3.05) is 24.6 Å². The minimum atomic E-state index is -2.78. The number of likely N-dealkylation sites (tertiary alicyclic amines) is 1. The highest BCUT2D eigenvalue weighted by Crippen LogP contribution is 2.29. The Kier molecular flexibility index (Phi) is 4.10. The number of hydrogen-bond donors (Lipinski definition) is 1. The largest absolute Gasteiger partial charge is 0.329 e. The highest BCUT2D eigenvalue weighted by Gasteiger charge is 2.37. The molecule has 2 fully saturated rings. The van der Waals surface area contributed by atoms with Crippen LogP contribution in [-0.4, -0.2) is 50.0 Å². The molecule has 2 rings (SSSR count). The molecule has 5 heteroatoms. The minimum Gasteiger partial charge on any atom is -0.329 e. The van der Waals surface area contributed by atoms with E-state index in [9.17, 15) is 8.42 Å². The van der Waals surface area contributed by atoms with Crippen LogP contribution in [0.3, 0.4) is 0 Å². The van der Waals surface area contributed by atoms with Gasteiger partial charge in [0.05, 0.1) is 11.5 Å². The van der Waals surface area contributed by atoms with Gasteiger partial charge in [0, 0.05) is 18.6 Å². The van der Waals surface area contributed by atoms with Crippen LogP contribution in [-0.2, 0) is 9.84 Å². The molecule has 2 N–H and O–H groups in total. The molecule has 0 aromatic heterocycles. The van der Waals surface area contributed by atoms with Gasteiger partial charge in [-0.15, -0.1) is 0 Å². The minimum absolute atomic E-state index is 0.228. The summed E-state index contributed by atoms with van der Waals surface area (Å²) in [6.45, 7) is 3.92. The Hall–Kier alpha value is -0.130. The molecule has 0 radical (unpaired) electrons. The Morgan fingerprint density at radius 1 is 1.35 bits per heavy atom. The zero-order chi connectivity index (χ0) is 12.5. The topological polar surface area (TPSA) is 63.4 Å². The second kappa shape index (κ2) is 5.24. The van der Waals surface area contributed by atoms with Crippen molar-refractivity contribution in [1.82, 2.24) is 4.90 Å². The smallest absolute Gasteiger partial charge is 0.151 e. The van der Waals surface area contributed by atoms with E-state index >= 15 is 0 Å². The Labute approximate surface area is 104 Å². The quantitative estimate of drug-likeness (QED) is 0.808. The van der Waals surface area contributed by atoms with E-state index in [4.69, 9.17) is 5.73 Å². The van der Waals surface area contributed by atoms with Crippen molar-refractivity contribution in [2.24, 2.45) is 11.7 Å². The van der Waals surface area contributed by atoms with Crippen LogP contribution in [0, 0.1) is 5.92 Å². The van der Waals surface area contributed by atoms with Gasteiger partial charge in [0.1, 0.15) is 0 Å². The first-order chi connectivity index (χ1) is 8.05. The first kappa shape index (κ1) is 13.3. The van der Waals surface area contributed by atoms with Crippen molar-refractivity contribution in [3.8, 4) is 0 Å². The van der Waals surface area contributed by atoms with Crippen molar-refractivity contribution in [3.63, 3.8) is 0 Å². The summed E-state index contributed by atoms with van der Waals surface area (Å²) in [5, 5.41) is 0. The Balaban J connectivity index is 2.01. The molecule has 3 atom stereocenters. The van der Waals surface area contributed by atoms with Crippen LogP contribution in [0.25, 0.3) is 0 Å². The fourth-order valence-corrected chi connectivity index (χ4v) is 5.01. The fraction of sp³-hybridized carbons (Fsp3) is 1.00. The summed E-state index contributed by atoms with van der Waals surface area (Å²) in [4.78, 5) is 2.37. The van der Waals surface area contributed by atoms with E-state index in [0.29, 0.717) is 24.1 Å². The summed E-state index contributed by atoms with van der Waals surface area (Å²) in [5.41, 5.74) is 5.85. The molecule has 2 heterocycles. The second-order valence-electron chi connectivity index (χ2n) is 5.48. The lowest BCUT2D eigenvalue weighted by Gasteiger charge is -2.42. The molecule has 0 bridgehead atoms. The molecule has 3 unspecified atom stereocenters. The summed E-state index contributed by atoms with van der Waals surface area (Å²) in [7, 11) is -2.78. The van der Waals surface area contributed by atoms with Crippen LogP contribution < -0.4 is 5.73 Å². The number of piperidine rings is 1. The van der Waals surface area contributed by atoms with E-state index in [1.807, 2.05) is 0 Å². The van der Waals surface area contributed by atoms with Crippen molar-refractivity contribution < 1.29 is 8.42 Å². The molecule has 4 nitrogen and oxygen atoms in total.